The molecule has 0 radical (unpaired) electrons. The second kappa shape index (κ2) is 8.81. The highest BCUT2D eigenvalue weighted by Crippen LogP contribution is 2.25. The Bertz CT molecular complexity index is 1540. The van der Waals surface area contributed by atoms with Gasteiger partial charge in [0.2, 0.25) is 11.6 Å². The van der Waals surface area contributed by atoms with Gasteiger partial charge in [0, 0.05) is 24.2 Å². The largest absolute Gasteiger partial charge is 0.330 e. The molecule has 1 aliphatic heterocycles. The van der Waals surface area contributed by atoms with E-state index in [9.17, 15) is 13.6 Å². The average molecular weight is 484 g/mol. The van der Waals surface area contributed by atoms with Gasteiger partial charge in [-0.25, -0.2) is 8.78 Å². The maximum Gasteiger partial charge on any atom is 0.296 e. The summed E-state index contributed by atoms with van der Waals surface area (Å²) in [4.78, 5) is 19.2. The molecule has 0 N–H and O–H groups in total. The fourth-order valence-electron chi connectivity index (χ4n) is 4.15. The van der Waals surface area contributed by atoms with Crippen molar-refractivity contribution in [2.75, 3.05) is 6.54 Å². The first-order chi connectivity index (χ1) is 17.5. The van der Waals surface area contributed by atoms with Crippen molar-refractivity contribution >= 4 is 5.91 Å². The summed E-state index contributed by atoms with van der Waals surface area (Å²) in [6, 6.07) is 19.2. The lowest BCUT2D eigenvalue weighted by atomic mass is 10.0. The fourth-order valence-corrected chi connectivity index (χ4v) is 4.15. The van der Waals surface area contributed by atoms with Crippen LogP contribution in [-0.4, -0.2) is 42.3 Å². The molecule has 2 aromatic heterocycles. The molecule has 3 heterocycles. The summed E-state index contributed by atoms with van der Waals surface area (Å²) < 4.78 is 33.6. The number of amides is 1. The Labute approximate surface area is 203 Å². The summed E-state index contributed by atoms with van der Waals surface area (Å²) in [6.45, 7) is 1.20. The molecule has 0 atom stereocenters. The van der Waals surface area contributed by atoms with Crippen LogP contribution in [0.15, 0.2) is 77.3 Å². The summed E-state index contributed by atoms with van der Waals surface area (Å²) in [5.41, 5.74) is 2.94. The maximum atomic E-state index is 13.2. The van der Waals surface area contributed by atoms with Crippen molar-refractivity contribution in [3.63, 3.8) is 0 Å². The van der Waals surface area contributed by atoms with Crippen LogP contribution in [0.2, 0.25) is 0 Å². The van der Waals surface area contributed by atoms with E-state index in [4.69, 9.17) is 4.52 Å². The quantitative estimate of drug-likeness (QED) is 0.371. The van der Waals surface area contributed by atoms with E-state index in [-0.39, 0.29) is 30.0 Å². The molecule has 0 saturated carbocycles. The highest BCUT2D eigenvalue weighted by atomic mass is 19.1. The van der Waals surface area contributed by atoms with E-state index in [0.29, 0.717) is 41.7 Å². The Morgan fingerprint density at radius 3 is 2.06 bits per heavy atom. The molecular weight excluding hydrogens is 466 g/mol. The lowest BCUT2D eigenvalue weighted by molar-refractivity contribution is 0.0708. The molecule has 0 fully saturated rings. The van der Waals surface area contributed by atoms with Crippen molar-refractivity contribution in [3.8, 4) is 34.2 Å². The van der Waals surface area contributed by atoms with Gasteiger partial charge in [-0.3, -0.25) is 4.79 Å². The Hall–Kier alpha value is -4.73. The molecule has 0 spiro atoms. The molecule has 3 aromatic carbocycles. The van der Waals surface area contributed by atoms with Crippen molar-refractivity contribution in [2.24, 2.45) is 0 Å². The molecule has 0 aliphatic carbocycles. The van der Waals surface area contributed by atoms with Crippen LogP contribution >= 0.6 is 0 Å². The summed E-state index contributed by atoms with van der Waals surface area (Å²) in [6.07, 6.45) is 0. The van der Waals surface area contributed by atoms with E-state index in [1.165, 1.54) is 24.3 Å². The first-order valence-corrected chi connectivity index (χ1v) is 11.2. The van der Waals surface area contributed by atoms with Crippen LogP contribution in [0.25, 0.3) is 34.2 Å². The molecule has 0 unspecified atom stereocenters. The lowest BCUT2D eigenvalue weighted by Gasteiger charge is -2.27. The van der Waals surface area contributed by atoms with Crippen molar-refractivity contribution in [2.45, 2.75) is 13.1 Å². The number of rotatable bonds is 4. The fraction of sp³-hybridized carbons (Fsp3) is 0.115. The van der Waals surface area contributed by atoms with Crippen molar-refractivity contribution < 1.29 is 18.1 Å². The number of carbonyl (C=O) groups excluding carboxylic acids is 1. The summed E-state index contributed by atoms with van der Waals surface area (Å²) in [7, 11) is 0. The first kappa shape index (κ1) is 21.8. The zero-order valence-electron chi connectivity index (χ0n) is 18.8. The third kappa shape index (κ3) is 4.02. The van der Waals surface area contributed by atoms with Gasteiger partial charge in [0.15, 0.2) is 5.82 Å². The van der Waals surface area contributed by atoms with E-state index >= 15 is 0 Å². The molecule has 10 heteroatoms. The summed E-state index contributed by atoms with van der Waals surface area (Å²) in [5, 5.41) is 12.4. The number of fused-ring (bicyclic) bond motifs is 1. The van der Waals surface area contributed by atoms with Crippen LogP contribution in [-0.2, 0) is 13.1 Å². The van der Waals surface area contributed by atoms with Crippen molar-refractivity contribution in [1.29, 1.82) is 0 Å². The van der Waals surface area contributed by atoms with E-state index in [1.54, 1.807) is 41.3 Å². The van der Waals surface area contributed by atoms with Crippen LogP contribution in [0.4, 0.5) is 8.78 Å². The molecule has 1 amide bonds. The predicted molar refractivity (Wildman–Crippen MR) is 125 cm³/mol. The third-order valence-electron chi connectivity index (χ3n) is 6.07. The number of hydrogen-bond donors (Lipinski definition) is 0. The highest BCUT2D eigenvalue weighted by Gasteiger charge is 2.28. The van der Waals surface area contributed by atoms with Crippen LogP contribution < -0.4 is 0 Å². The monoisotopic (exact) mass is 484 g/mol. The second-order valence-electron chi connectivity index (χ2n) is 8.33. The van der Waals surface area contributed by atoms with Crippen molar-refractivity contribution in [3.05, 3.63) is 95.8 Å². The summed E-state index contributed by atoms with van der Waals surface area (Å²) in [5.74, 6) is 0.780. The van der Waals surface area contributed by atoms with Gasteiger partial charge in [0.05, 0.1) is 6.54 Å². The van der Waals surface area contributed by atoms with Gasteiger partial charge in [0.25, 0.3) is 11.8 Å². The number of carbonyl (C=O) groups is 1. The summed E-state index contributed by atoms with van der Waals surface area (Å²) >= 11 is 0. The minimum atomic E-state index is -0.350. The molecule has 8 nitrogen and oxygen atoms in total. The number of halogens is 2. The van der Waals surface area contributed by atoms with Crippen LogP contribution in [0.1, 0.15) is 16.2 Å². The highest BCUT2D eigenvalue weighted by molar-refractivity contribution is 5.94. The Kier molecular flexibility index (Phi) is 5.33. The smallest absolute Gasteiger partial charge is 0.296 e. The zero-order valence-corrected chi connectivity index (χ0v) is 18.8. The average Bonchev–Trinajstić information content (AvgIpc) is 3.56. The Morgan fingerprint density at radius 2 is 1.39 bits per heavy atom. The van der Waals surface area contributed by atoms with Gasteiger partial charge in [-0.2, -0.15) is 4.98 Å². The Balaban J connectivity index is 1.18. The van der Waals surface area contributed by atoms with Crippen LogP contribution in [0.5, 0.6) is 0 Å². The SMILES string of the molecule is O=C(c1ccc(-c2ccc(F)cc2)cc1)N1CCn2c(nnc2-c2nc(-c3ccc(F)cc3)no2)C1. The number of aromatic nitrogens is 5. The molecule has 1 aliphatic rings. The minimum absolute atomic E-state index is 0.118. The lowest BCUT2D eigenvalue weighted by Crippen LogP contribution is -2.38. The Morgan fingerprint density at radius 1 is 0.778 bits per heavy atom. The van der Waals surface area contributed by atoms with Crippen molar-refractivity contribution in [1.82, 2.24) is 29.8 Å². The van der Waals surface area contributed by atoms with Gasteiger partial charge in [-0.1, -0.05) is 29.4 Å². The van der Waals surface area contributed by atoms with Gasteiger partial charge < -0.3 is 14.0 Å². The molecule has 0 bridgehead atoms. The van der Waals surface area contributed by atoms with Gasteiger partial charge in [0.1, 0.15) is 11.6 Å². The van der Waals surface area contributed by atoms with Gasteiger partial charge in [-0.05, 0) is 59.7 Å². The molecule has 5 aromatic rings. The molecule has 0 saturated heterocycles. The normalized spacial score (nSPS) is 13.0. The number of hydrogen-bond acceptors (Lipinski definition) is 6. The standard InChI is InChI=1S/C26H18F2N6O2/c27-20-9-5-17(6-10-20)16-1-3-19(4-2-16)26(35)33-13-14-34-22(15-33)30-31-24(34)25-29-23(32-36-25)18-7-11-21(28)12-8-18/h1-12H,13-15H2. The topological polar surface area (TPSA) is 89.9 Å². The third-order valence-corrected chi connectivity index (χ3v) is 6.07. The van der Waals surface area contributed by atoms with Gasteiger partial charge in [-0.15, -0.1) is 10.2 Å². The molecule has 36 heavy (non-hydrogen) atoms. The van der Waals surface area contributed by atoms with Crippen LogP contribution in [0.3, 0.4) is 0 Å². The van der Waals surface area contributed by atoms with Gasteiger partial charge >= 0.3 is 0 Å². The van der Waals surface area contributed by atoms with E-state index < -0.39 is 0 Å². The first-order valence-electron chi connectivity index (χ1n) is 11.2. The number of nitrogens with zero attached hydrogens (tertiary/aromatic N) is 6. The predicted octanol–water partition coefficient (Wildman–Crippen LogP) is 4.60. The van der Waals surface area contributed by atoms with E-state index in [2.05, 4.69) is 20.3 Å². The maximum absolute atomic E-state index is 13.2. The molecule has 6 rings (SSSR count). The van der Waals surface area contributed by atoms with E-state index in [1.807, 2.05) is 16.7 Å². The minimum Gasteiger partial charge on any atom is -0.330 e. The second-order valence-corrected chi connectivity index (χ2v) is 8.33. The van der Waals surface area contributed by atoms with Crippen LogP contribution in [0, 0.1) is 11.6 Å². The van der Waals surface area contributed by atoms with E-state index in [0.717, 1.165) is 11.1 Å². The molecular formula is C26H18F2N6O2. The molecule has 178 valence electrons. The number of benzene rings is 3. The zero-order chi connectivity index (χ0) is 24.6.